The molecule has 5 nitrogen and oxygen atoms in total. The van der Waals surface area contributed by atoms with Gasteiger partial charge in [-0.2, -0.15) is 10.4 Å². The van der Waals surface area contributed by atoms with Gasteiger partial charge in [0.15, 0.2) is 5.82 Å². The summed E-state index contributed by atoms with van der Waals surface area (Å²) in [5.74, 6) is 0.593. The molecule has 0 aliphatic carbocycles. The van der Waals surface area contributed by atoms with Crippen molar-refractivity contribution in [1.29, 1.82) is 5.26 Å². The molecule has 0 aromatic carbocycles. The number of nitriles is 1. The molecule has 108 valence electrons. The number of rotatable bonds is 5. The predicted molar refractivity (Wildman–Crippen MR) is 77.6 cm³/mol. The van der Waals surface area contributed by atoms with Crippen LogP contribution in [0.15, 0.2) is 0 Å². The first-order chi connectivity index (χ1) is 9.80. The fourth-order valence-electron chi connectivity index (χ4n) is 2.60. The normalized spacial score (nSPS) is 18.6. The molecule has 1 atom stereocenters. The Hall–Kier alpha value is -1.67. The first-order valence-corrected chi connectivity index (χ1v) is 7.44. The van der Waals surface area contributed by atoms with Crippen LogP contribution in [0.4, 0.5) is 5.82 Å². The van der Waals surface area contributed by atoms with Crippen LogP contribution in [0.3, 0.4) is 0 Å². The lowest BCUT2D eigenvalue weighted by atomic mass is 10.0. The molecule has 0 amide bonds. The largest absolute Gasteiger partial charge is 0.376 e. The maximum absolute atomic E-state index is 9.40. The molecule has 20 heavy (non-hydrogen) atoms. The van der Waals surface area contributed by atoms with Crippen molar-refractivity contribution in [2.75, 3.05) is 18.5 Å². The van der Waals surface area contributed by atoms with Gasteiger partial charge >= 0.3 is 0 Å². The van der Waals surface area contributed by atoms with Gasteiger partial charge in [0, 0.05) is 13.2 Å². The number of hydrogen-bond donors (Lipinski definition) is 1. The number of nitrogens with one attached hydrogen (secondary N) is 1. The second-order valence-electron chi connectivity index (χ2n) is 5.04. The van der Waals surface area contributed by atoms with E-state index in [1.807, 2.05) is 13.8 Å². The fraction of sp³-hybridized carbons (Fsp3) is 0.667. The highest BCUT2D eigenvalue weighted by Gasteiger charge is 2.17. The lowest BCUT2D eigenvalue weighted by molar-refractivity contribution is 0.0247. The third-order valence-corrected chi connectivity index (χ3v) is 3.73. The maximum Gasteiger partial charge on any atom is 0.167 e. The number of ether oxygens (including phenoxy) is 1. The maximum atomic E-state index is 9.40. The summed E-state index contributed by atoms with van der Waals surface area (Å²) in [6.45, 7) is 5.61. The van der Waals surface area contributed by atoms with Crippen LogP contribution in [0.25, 0.3) is 0 Å². The molecule has 1 saturated heterocycles. The number of nitrogens with zero attached hydrogens (tertiary/aromatic N) is 3. The van der Waals surface area contributed by atoms with Crippen molar-refractivity contribution in [2.24, 2.45) is 0 Å². The van der Waals surface area contributed by atoms with Crippen molar-refractivity contribution >= 4 is 5.82 Å². The minimum Gasteiger partial charge on any atom is -0.376 e. The second kappa shape index (κ2) is 7.20. The summed E-state index contributed by atoms with van der Waals surface area (Å²) >= 11 is 0. The SMILES string of the molecule is CCc1nnc(NCC2CCCCO2)c(C#N)c1CC. The minimum absolute atomic E-state index is 0.216. The molecule has 0 spiro atoms. The van der Waals surface area contributed by atoms with Crippen LogP contribution in [-0.4, -0.2) is 29.5 Å². The van der Waals surface area contributed by atoms with Crippen LogP contribution in [0.1, 0.15) is 49.9 Å². The van der Waals surface area contributed by atoms with Gasteiger partial charge in [0.25, 0.3) is 0 Å². The van der Waals surface area contributed by atoms with Gasteiger partial charge < -0.3 is 10.1 Å². The van der Waals surface area contributed by atoms with Crippen LogP contribution in [-0.2, 0) is 17.6 Å². The van der Waals surface area contributed by atoms with Crippen molar-refractivity contribution in [1.82, 2.24) is 10.2 Å². The van der Waals surface area contributed by atoms with Crippen molar-refractivity contribution in [2.45, 2.75) is 52.1 Å². The third-order valence-electron chi connectivity index (χ3n) is 3.73. The summed E-state index contributed by atoms with van der Waals surface area (Å²) < 4.78 is 5.68. The topological polar surface area (TPSA) is 70.8 Å². The third kappa shape index (κ3) is 3.26. The van der Waals surface area contributed by atoms with Crippen LogP contribution in [0, 0.1) is 11.3 Å². The molecule has 1 aliphatic heterocycles. The van der Waals surface area contributed by atoms with E-state index in [1.165, 1.54) is 6.42 Å². The Kier molecular flexibility index (Phi) is 5.31. The van der Waals surface area contributed by atoms with Gasteiger partial charge in [0.05, 0.1) is 11.8 Å². The average Bonchev–Trinajstić information content (AvgIpc) is 2.52. The van der Waals surface area contributed by atoms with Crippen LogP contribution in [0.5, 0.6) is 0 Å². The summed E-state index contributed by atoms with van der Waals surface area (Å²) in [4.78, 5) is 0. The van der Waals surface area contributed by atoms with Gasteiger partial charge in [-0.3, -0.25) is 0 Å². The Balaban J connectivity index is 2.12. The highest BCUT2D eigenvalue weighted by atomic mass is 16.5. The molecule has 2 heterocycles. The minimum atomic E-state index is 0.216. The molecule has 1 aromatic rings. The van der Waals surface area contributed by atoms with Gasteiger partial charge in [-0.25, -0.2) is 0 Å². The quantitative estimate of drug-likeness (QED) is 0.893. The van der Waals surface area contributed by atoms with Crippen LogP contribution in [0.2, 0.25) is 0 Å². The number of aryl methyl sites for hydroxylation is 1. The number of hydrogen-bond acceptors (Lipinski definition) is 5. The van der Waals surface area contributed by atoms with Gasteiger partial charge in [0.2, 0.25) is 0 Å². The molecule has 1 N–H and O–H groups in total. The predicted octanol–water partition coefficient (Wildman–Crippen LogP) is 2.45. The summed E-state index contributed by atoms with van der Waals surface area (Å²) in [6.07, 6.45) is 5.24. The van der Waals surface area contributed by atoms with E-state index < -0.39 is 0 Å². The zero-order valence-corrected chi connectivity index (χ0v) is 12.3. The first-order valence-electron chi connectivity index (χ1n) is 7.44. The molecule has 1 aliphatic rings. The van der Waals surface area contributed by atoms with E-state index in [-0.39, 0.29) is 6.10 Å². The van der Waals surface area contributed by atoms with Gasteiger partial charge in [-0.15, -0.1) is 5.10 Å². The smallest absolute Gasteiger partial charge is 0.167 e. The Morgan fingerprint density at radius 1 is 1.30 bits per heavy atom. The van der Waals surface area contributed by atoms with Crippen molar-refractivity contribution in [3.05, 3.63) is 16.8 Å². The lowest BCUT2D eigenvalue weighted by Gasteiger charge is -2.23. The van der Waals surface area contributed by atoms with Crippen LogP contribution < -0.4 is 5.32 Å². The van der Waals surface area contributed by atoms with E-state index in [1.54, 1.807) is 0 Å². The second-order valence-corrected chi connectivity index (χ2v) is 5.04. The molecule has 0 radical (unpaired) electrons. The summed E-state index contributed by atoms with van der Waals surface area (Å²) in [5.41, 5.74) is 2.57. The van der Waals surface area contributed by atoms with E-state index in [9.17, 15) is 5.26 Å². The molecule has 1 unspecified atom stereocenters. The van der Waals surface area contributed by atoms with E-state index >= 15 is 0 Å². The summed E-state index contributed by atoms with van der Waals surface area (Å²) in [5, 5.41) is 21.0. The van der Waals surface area contributed by atoms with Crippen LogP contribution >= 0.6 is 0 Å². The van der Waals surface area contributed by atoms with Gasteiger partial charge in [-0.1, -0.05) is 13.8 Å². The molecule has 1 aromatic heterocycles. The highest BCUT2D eigenvalue weighted by Crippen LogP contribution is 2.21. The van der Waals surface area contributed by atoms with E-state index in [4.69, 9.17) is 4.74 Å². The first kappa shape index (κ1) is 14.7. The Morgan fingerprint density at radius 2 is 2.15 bits per heavy atom. The Bertz CT molecular complexity index is 489. The number of aromatic nitrogens is 2. The molecule has 0 bridgehead atoms. The Morgan fingerprint density at radius 3 is 2.75 bits per heavy atom. The van der Waals surface area contributed by atoms with Gasteiger partial charge in [0.1, 0.15) is 11.6 Å². The molecule has 2 rings (SSSR count). The molecule has 1 fully saturated rings. The summed E-state index contributed by atoms with van der Waals surface area (Å²) in [7, 11) is 0. The van der Waals surface area contributed by atoms with E-state index in [2.05, 4.69) is 21.6 Å². The van der Waals surface area contributed by atoms with Crippen molar-refractivity contribution in [3.63, 3.8) is 0 Å². The average molecular weight is 274 g/mol. The molecular formula is C15H22N4O. The van der Waals surface area contributed by atoms with Crippen molar-refractivity contribution in [3.8, 4) is 6.07 Å². The Labute approximate surface area is 120 Å². The zero-order chi connectivity index (χ0) is 14.4. The van der Waals surface area contributed by atoms with E-state index in [0.29, 0.717) is 17.9 Å². The van der Waals surface area contributed by atoms with Gasteiger partial charge in [-0.05, 0) is 37.7 Å². The van der Waals surface area contributed by atoms with Crippen molar-refractivity contribution < 1.29 is 4.74 Å². The molecule has 5 heteroatoms. The monoisotopic (exact) mass is 274 g/mol. The number of anilines is 1. The zero-order valence-electron chi connectivity index (χ0n) is 12.3. The summed E-state index contributed by atoms with van der Waals surface area (Å²) in [6, 6.07) is 2.27. The standard InChI is InChI=1S/C15H22N4O/c1-3-12-13(9-16)15(19-18-14(12)4-2)17-10-11-7-5-6-8-20-11/h11H,3-8,10H2,1-2H3,(H,17,19). The molecular weight excluding hydrogens is 252 g/mol. The van der Waals surface area contributed by atoms with E-state index in [0.717, 1.165) is 43.5 Å². The molecule has 0 saturated carbocycles. The lowest BCUT2D eigenvalue weighted by Crippen LogP contribution is -2.27. The highest BCUT2D eigenvalue weighted by molar-refractivity contribution is 5.56. The fourth-order valence-corrected chi connectivity index (χ4v) is 2.60.